The Morgan fingerprint density at radius 3 is 2.47 bits per heavy atom. The van der Waals surface area contributed by atoms with Gasteiger partial charge in [-0.15, -0.1) is 0 Å². The zero-order valence-electron chi connectivity index (χ0n) is 9.50. The van der Waals surface area contributed by atoms with Gasteiger partial charge in [0, 0.05) is 11.8 Å². The molecule has 6 heteroatoms. The number of aromatic carboxylic acids is 2. The van der Waals surface area contributed by atoms with Gasteiger partial charge in [-0.2, -0.15) is 0 Å². The molecule has 0 aliphatic rings. The van der Waals surface area contributed by atoms with E-state index in [2.05, 4.69) is 4.98 Å². The van der Waals surface area contributed by atoms with Gasteiger partial charge in [-0.1, -0.05) is 0 Å². The number of benzene rings is 1. The van der Waals surface area contributed by atoms with Crippen molar-refractivity contribution >= 4 is 11.9 Å². The number of carboxylic acids is 2. The largest absolute Gasteiger partial charge is 0.478 e. The van der Waals surface area contributed by atoms with Crippen molar-refractivity contribution in [3.05, 3.63) is 53.5 Å². The van der Waals surface area contributed by atoms with Crippen molar-refractivity contribution in [2.45, 2.75) is 0 Å². The highest BCUT2D eigenvalue weighted by Gasteiger charge is 2.17. The monoisotopic (exact) mass is 261 g/mol. The molecule has 0 saturated carbocycles. The summed E-state index contributed by atoms with van der Waals surface area (Å²) in [6.45, 7) is 0. The van der Waals surface area contributed by atoms with Crippen molar-refractivity contribution in [1.82, 2.24) is 4.98 Å². The Bertz CT molecular complexity index is 669. The Hall–Kier alpha value is -2.76. The Morgan fingerprint density at radius 2 is 1.84 bits per heavy atom. The summed E-state index contributed by atoms with van der Waals surface area (Å²) in [5, 5.41) is 17.9. The Balaban J connectivity index is 2.68. The SMILES string of the molecule is O=C(O)c1ccc(F)c(-c2ncccc2C(=O)O)c1. The van der Waals surface area contributed by atoms with Crippen LogP contribution in [0.1, 0.15) is 20.7 Å². The van der Waals surface area contributed by atoms with E-state index in [0.717, 1.165) is 18.2 Å². The number of aromatic nitrogens is 1. The highest BCUT2D eigenvalue weighted by molar-refractivity contribution is 5.96. The molecular weight excluding hydrogens is 253 g/mol. The summed E-state index contributed by atoms with van der Waals surface area (Å²) in [4.78, 5) is 25.7. The molecule has 19 heavy (non-hydrogen) atoms. The number of hydrogen-bond acceptors (Lipinski definition) is 3. The number of halogens is 1. The molecule has 2 rings (SSSR count). The summed E-state index contributed by atoms with van der Waals surface area (Å²) >= 11 is 0. The van der Waals surface area contributed by atoms with Gasteiger partial charge in [-0.3, -0.25) is 4.98 Å². The van der Waals surface area contributed by atoms with Crippen LogP contribution >= 0.6 is 0 Å². The first-order valence-electron chi connectivity index (χ1n) is 5.22. The van der Waals surface area contributed by atoms with Crippen molar-refractivity contribution in [3.8, 4) is 11.3 Å². The van der Waals surface area contributed by atoms with Gasteiger partial charge in [0.1, 0.15) is 5.82 Å². The lowest BCUT2D eigenvalue weighted by molar-refractivity contribution is 0.0687. The molecule has 1 aromatic carbocycles. The molecule has 1 heterocycles. The second kappa shape index (κ2) is 4.85. The van der Waals surface area contributed by atoms with E-state index in [0.29, 0.717) is 0 Å². The lowest BCUT2D eigenvalue weighted by Crippen LogP contribution is -2.04. The van der Waals surface area contributed by atoms with E-state index < -0.39 is 17.8 Å². The minimum atomic E-state index is -1.26. The average molecular weight is 261 g/mol. The molecule has 0 aliphatic carbocycles. The molecule has 0 bridgehead atoms. The molecular formula is C13H8FNO4. The van der Waals surface area contributed by atoms with Crippen LogP contribution < -0.4 is 0 Å². The van der Waals surface area contributed by atoms with E-state index in [4.69, 9.17) is 10.2 Å². The third-order valence-corrected chi connectivity index (χ3v) is 2.51. The smallest absolute Gasteiger partial charge is 0.337 e. The molecule has 0 unspecified atom stereocenters. The summed E-state index contributed by atoms with van der Waals surface area (Å²) in [5.74, 6) is -3.22. The van der Waals surface area contributed by atoms with Crippen molar-refractivity contribution in [2.75, 3.05) is 0 Å². The zero-order valence-corrected chi connectivity index (χ0v) is 9.50. The van der Waals surface area contributed by atoms with Crippen molar-refractivity contribution < 1.29 is 24.2 Å². The molecule has 0 fully saturated rings. The fraction of sp³-hybridized carbons (Fsp3) is 0. The lowest BCUT2D eigenvalue weighted by atomic mass is 10.0. The van der Waals surface area contributed by atoms with Crippen LogP contribution in [0.2, 0.25) is 0 Å². The summed E-state index contributed by atoms with van der Waals surface area (Å²) < 4.78 is 13.7. The second-order valence-corrected chi connectivity index (χ2v) is 3.70. The minimum Gasteiger partial charge on any atom is -0.478 e. The van der Waals surface area contributed by atoms with Gasteiger partial charge < -0.3 is 10.2 Å². The number of carboxylic acid groups (broad SMARTS) is 2. The first-order chi connectivity index (χ1) is 9.00. The number of carbonyl (C=O) groups is 2. The maximum Gasteiger partial charge on any atom is 0.337 e. The Labute approximate surface area is 107 Å². The molecule has 0 saturated heterocycles. The quantitative estimate of drug-likeness (QED) is 0.884. The topological polar surface area (TPSA) is 87.5 Å². The van der Waals surface area contributed by atoms with Crippen LogP contribution in [-0.4, -0.2) is 27.1 Å². The van der Waals surface area contributed by atoms with Crippen LogP contribution in [0.25, 0.3) is 11.3 Å². The van der Waals surface area contributed by atoms with Gasteiger partial charge in [-0.25, -0.2) is 14.0 Å². The standard InChI is InChI=1S/C13H8FNO4/c14-10-4-3-7(12(16)17)6-9(10)11-8(13(18)19)2-1-5-15-11/h1-6H,(H,16,17)(H,18,19). The van der Waals surface area contributed by atoms with Crippen LogP contribution in [0.4, 0.5) is 4.39 Å². The van der Waals surface area contributed by atoms with Crippen molar-refractivity contribution in [3.63, 3.8) is 0 Å². The van der Waals surface area contributed by atoms with Crippen LogP contribution in [0.5, 0.6) is 0 Å². The van der Waals surface area contributed by atoms with E-state index >= 15 is 0 Å². The third kappa shape index (κ3) is 2.42. The van der Waals surface area contributed by atoms with Crippen LogP contribution in [0.15, 0.2) is 36.5 Å². The maximum absolute atomic E-state index is 13.7. The van der Waals surface area contributed by atoms with Gasteiger partial charge in [0.2, 0.25) is 0 Å². The Morgan fingerprint density at radius 1 is 1.11 bits per heavy atom. The van der Waals surface area contributed by atoms with E-state index in [9.17, 15) is 14.0 Å². The summed E-state index contributed by atoms with van der Waals surface area (Å²) in [5.41, 5.74) is -0.587. The molecule has 2 N–H and O–H groups in total. The molecule has 96 valence electrons. The maximum atomic E-state index is 13.7. The minimum absolute atomic E-state index is 0.101. The summed E-state index contributed by atoms with van der Waals surface area (Å²) in [6, 6.07) is 5.82. The molecule has 1 aromatic heterocycles. The second-order valence-electron chi connectivity index (χ2n) is 3.70. The fourth-order valence-electron chi connectivity index (χ4n) is 1.63. The fourth-order valence-corrected chi connectivity index (χ4v) is 1.63. The molecule has 0 radical (unpaired) electrons. The first-order valence-corrected chi connectivity index (χ1v) is 5.22. The molecule has 5 nitrogen and oxygen atoms in total. The molecule has 2 aromatic rings. The molecule has 0 atom stereocenters. The number of hydrogen-bond donors (Lipinski definition) is 2. The zero-order chi connectivity index (χ0) is 14.0. The van der Waals surface area contributed by atoms with Gasteiger partial charge >= 0.3 is 11.9 Å². The van der Waals surface area contributed by atoms with Crippen LogP contribution in [0, 0.1) is 5.82 Å². The molecule has 0 spiro atoms. The normalized spacial score (nSPS) is 10.2. The van der Waals surface area contributed by atoms with E-state index in [-0.39, 0.29) is 22.4 Å². The lowest BCUT2D eigenvalue weighted by Gasteiger charge is -2.07. The molecule has 0 amide bonds. The van der Waals surface area contributed by atoms with Crippen LogP contribution in [0.3, 0.4) is 0 Å². The van der Waals surface area contributed by atoms with Crippen molar-refractivity contribution in [1.29, 1.82) is 0 Å². The van der Waals surface area contributed by atoms with Gasteiger partial charge in [0.25, 0.3) is 0 Å². The average Bonchev–Trinajstić information content (AvgIpc) is 2.39. The number of rotatable bonds is 3. The first kappa shape index (κ1) is 12.7. The predicted octanol–water partition coefficient (Wildman–Crippen LogP) is 2.28. The van der Waals surface area contributed by atoms with Crippen LogP contribution in [-0.2, 0) is 0 Å². The Kier molecular flexibility index (Phi) is 3.24. The highest BCUT2D eigenvalue weighted by atomic mass is 19.1. The van der Waals surface area contributed by atoms with Gasteiger partial charge in [0.05, 0.1) is 16.8 Å². The number of pyridine rings is 1. The van der Waals surface area contributed by atoms with Gasteiger partial charge in [-0.05, 0) is 30.3 Å². The third-order valence-electron chi connectivity index (χ3n) is 2.51. The highest BCUT2D eigenvalue weighted by Crippen LogP contribution is 2.25. The van der Waals surface area contributed by atoms with Crippen molar-refractivity contribution in [2.24, 2.45) is 0 Å². The predicted molar refractivity (Wildman–Crippen MR) is 63.5 cm³/mol. The number of nitrogens with zero attached hydrogens (tertiary/aromatic N) is 1. The van der Waals surface area contributed by atoms with E-state index in [1.165, 1.54) is 18.3 Å². The van der Waals surface area contributed by atoms with Gasteiger partial charge in [0.15, 0.2) is 0 Å². The summed E-state index contributed by atoms with van der Waals surface area (Å²) in [6.07, 6.45) is 1.31. The summed E-state index contributed by atoms with van der Waals surface area (Å²) in [7, 11) is 0. The van der Waals surface area contributed by atoms with E-state index in [1.54, 1.807) is 0 Å². The van der Waals surface area contributed by atoms with E-state index in [1.807, 2.05) is 0 Å². The molecule has 0 aliphatic heterocycles.